The second kappa shape index (κ2) is 9.19. The summed E-state index contributed by atoms with van der Waals surface area (Å²) in [5.41, 5.74) is 0.663. The summed E-state index contributed by atoms with van der Waals surface area (Å²) < 4.78 is 5.19. The Morgan fingerprint density at radius 2 is 1.88 bits per heavy atom. The highest BCUT2D eigenvalue weighted by Crippen LogP contribution is 2.28. The van der Waals surface area contributed by atoms with Crippen molar-refractivity contribution in [2.24, 2.45) is 5.92 Å². The Morgan fingerprint density at radius 3 is 2.54 bits per heavy atom. The predicted octanol–water partition coefficient (Wildman–Crippen LogP) is 5.38. The van der Waals surface area contributed by atoms with Crippen molar-refractivity contribution in [2.75, 3.05) is 31.3 Å². The fraction of sp³-hybridized carbons (Fsp3) is 0.350. The van der Waals surface area contributed by atoms with Crippen LogP contribution in [-0.2, 0) is 0 Å². The minimum atomic E-state index is -0.0700. The predicted molar refractivity (Wildman–Crippen MR) is 108 cm³/mol. The normalized spacial score (nSPS) is 14.9. The number of benzene rings is 2. The molecule has 1 N–H and O–H groups in total. The van der Waals surface area contributed by atoms with E-state index in [-0.39, 0.29) is 6.03 Å². The van der Waals surface area contributed by atoms with Gasteiger partial charge in [-0.25, -0.2) is 4.79 Å². The molecule has 0 aliphatic carbocycles. The van der Waals surface area contributed by atoms with Crippen LogP contribution < -0.4 is 10.1 Å². The molecule has 1 saturated heterocycles. The SMILES string of the molecule is COc1ccc(SCC2CCN(C(=O)Nc3ccccc3Cl)CC2)cc1. The lowest BCUT2D eigenvalue weighted by Gasteiger charge is -2.32. The average Bonchev–Trinajstić information content (AvgIpc) is 2.69. The van der Waals surface area contributed by atoms with Crippen LogP contribution in [0, 0.1) is 5.92 Å². The van der Waals surface area contributed by atoms with Gasteiger partial charge in [-0.05, 0) is 55.2 Å². The molecule has 1 aliphatic rings. The fourth-order valence-corrected chi connectivity index (χ4v) is 4.22. The number of hydrogen-bond acceptors (Lipinski definition) is 3. The van der Waals surface area contributed by atoms with E-state index >= 15 is 0 Å². The Kier molecular flexibility index (Phi) is 6.69. The van der Waals surface area contributed by atoms with Crippen LogP contribution >= 0.6 is 23.4 Å². The van der Waals surface area contributed by atoms with Crippen molar-refractivity contribution in [3.63, 3.8) is 0 Å². The molecule has 4 nitrogen and oxygen atoms in total. The van der Waals surface area contributed by atoms with Crippen LogP contribution in [0.5, 0.6) is 5.75 Å². The number of amides is 2. The maximum Gasteiger partial charge on any atom is 0.321 e. The number of carbonyl (C=O) groups is 1. The van der Waals surface area contributed by atoms with Crippen LogP contribution in [0.25, 0.3) is 0 Å². The van der Waals surface area contributed by atoms with Crippen molar-refractivity contribution in [1.29, 1.82) is 0 Å². The molecule has 1 fully saturated rings. The Balaban J connectivity index is 1.43. The van der Waals surface area contributed by atoms with Gasteiger partial charge >= 0.3 is 6.03 Å². The molecule has 0 spiro atoms. The number of nitrogens with zero attached hydrogens (tertiary/aromatic N) is 1. The number of urea groups is 1. The highest BCUT2D eigenvalue weighted by Gasteiger charge is 2.23. The Labute approximate surface area is 163 Å². The zero-order valence-electron chi connectivity index (χ0n) is 14.8. The number of methoxy groups -OCH3 is 1. The fourth-order valence-electron chi connectivity index (χ4n) is 2.95. The van der Waals surface area contributed by atoms with Crippen LogP contribution in [0.15, 0.2) is 53.4 Å². The first-order valence-electron chi connectivity index (χ1n) is 8.73. The molecule has 0 aromatic heterocycles. The van der Waals surface area contributed by atoms with E-state index in [0.717, 1.165) is 37.4 Å². The number of piperidine rings is 1. The van der Waals surface area contributed by atoms with Crippen LogP contribution in [0.4, 0.5) is 10.5 Å². The summed E-state index contributed by atoms with van der Waals surface area (Å²) in [5, 5.41) is 3.46. The molecule has 0 bridgehead atoms. The van der Waals surface area contributed by atoms with Gasteiger partial charge in [0.2, 0.25) is 0 Å². The van der Waals surface area contributed by atoms with Gasteiger partial charge in [0, 0.05) is 23.7 Å². The largest absolute Gasteiger partial charge is 0.497 e. The second-order valence-corrected chi connectivity index (χ2v) is 7.83. The summed E-state index contributed by atoms with van der Waals surface area (Å²) >= 11 is 7.97. The van der Waals surface area contributed by atoms with Gasteiger partial charge in [-0.15, -0.1) is 11.8 Å². The third-order valence-electron chi connectivity index (χ3n) is 4.56. The first-order valence-corrected chi connectivity index (χ1v) is 10.1. The molecule has 6 heteroatoms. The van der Waals surface area contributed by atoms with Gasteiger partial charge in [0.15, 0.2) is 0 Å². The van der Waals surface area contributed by atoms with E-state index in [4.69, 9.17) is 16.3 Å². The van der Waals surface area contributed by atoms with E-state index in [1.165, 1.54) is 4.90 Å². The standard InChI is InChI=1S/C20H23ClN2O2S/c1-25-16-6-8-17(9-7-16)26-14-15-10-12-23(13-11-15)20(24)22-19-5-3-2-4-18(19)21/h2-9,15H,10-14H2,1H3,(H,22,24). The van der Waals surface area contributed by atoms with E-state index in [2.05, 4.69) is 17.4 Å². The van der Waals surface area contributed by atoms with Gasteiger partial charge in [0.25, 0.3) is 0 Å². The number of anilines is 1. The van der Waals surface area contributed by atoms with Gasteiger partial charge < -0.3 is 15.0 Å². The molecular formula is C20H23ClN2O2S. The highest BCUT2D eigenvalue weighted by molar-refractivity contribution is 7.99. The number of ether oxygens (including phenoxy) is 1. The van der Waals surface area contributed by atoms with Crippen LogP contribution in [0.1, 0.15) is 12.8 Å². The number of para-hydroxylation sites is 1. The molecule has 2 aromatic carbocycles. The molecule has 2 aromatic rings. The molecule has 0 radical (unpaired) electrons. The Bertz CT molecular complexity index is 731. The van der Waals surface area contributed by atoms with E-state index in [1.807, 2.05) is 47.0 Å². The zero-order chi connectivity index (χ0) is 18.4. The summed E-state index contributed by atoms with van der Waals surface area (Å²) in [5.74, 6) is 2.59. The monoisotopic (exact) mass is 390 g/mol. The topological polar surface area (TPSA) is 41.6 Å². The minimum absolute atomic E-state index is 0.0700. The molecule has 3 rings (SSSR count). The third kappa shape index (κ3) is 5.08. The van der Waals surface area contributed by atoms with E-state index in [9.17, 15) is 4.79 Å². The minimum Gasteiger partial charge on any atom is -0.497 e. The van der Waals surface area contributed by atoms with Crippen molar-refractivity contribution in [3.8, 4) is 5.75 Å². The third-order valence-corrected chi connectivity index (χ3v) is 6.14. The lowest BCUT2D eigenvalue weighted by Crippen LogP contribution is -2.41. The number of rotatable bonds is 5. The van der Waals surface area contributed by atoms with Gasteiger partial charge in [-0.1, -0.05) is 23.7 Å². The zero-order valence-corrected chi connectivity index (χ0v) is 16.4. The van der Waals surface area contributed by atoms with Crippen molar-refractivity contribution in [1.82, 2.24) is 4.90 Å². The van der Waals surface area contributed by atoms with Gasteiger partial charge in [0.1, 0.15) is 5.75 Å². The Hall–Kier alpha value is -1.85. The van der Waals surface area contributed by atoms with Crippen LogP contribution in [0.3, 0.4) is 0 Å². The number of nitrogens with one attached hydrogen (secondary N) is 1. The Morgan fingerprint density at radius 1 is 1.19 bits per heavy atom. The van der Waals surface area contributed by atoms with Gasteiger partial charge in [-0.3, -0.25) is 0 Å². The molecule has 0 saturated carbocycles. The smallest absolute Gasteiger partial charge is 0.321 e. The van der Waals surface area contributed by atoms with Crippen LogP contribution in [0.2, 0.25) is 5.02 Å². The summed E-state index contributed by atoms with van der Waals surface area (Å²) in [6, 6.07) is 15.4. The number of likely N-dealkylation sites (tertiary alicyclic amines) is 1. The maximum absolute atomic E-state index is 12.4. The molecule has 1 aliphatic heterocycles. The van der Waals surface area contributed by atoms with E-state index in [1.54, 1.807) is 13.2 Å². The highest BCUT2D eigenvalue weighted by atomic mass is 35.5. The number of thioether (sulfide) groups is 1. The summed E-state index contributed by atoms with van der Waals surface area (Å²) in [7, 11) is 1.68. The van der Waals surface area contributed by atoms with E-state index < -0.39 is 0 Å². The van der Waals surface area contributed by atoms with Crippen molar-refractivity contribution < 1.29 is 9.53 Å². The van der Waals surface area contributed by atoms with Crippen molar-refractivity contribution in [3.05, 3.63) is 53.6 Å². The van der Waals surface area contributed by atoms with Crippen LogP contribution in [-0.4, -0.2) is 36.9 Å². The van der Waals surface area contributed by atoms with E-state index in [0.29, 0.717) is 16.6 Å². The lowest BCUT2D eigenvalue weighted by atomic mass is 9.99. The summed E-state index contributed by atoms with van der Waals surface area (Å²) in [4.78, 5) is 15.5. The first kappa shape index (κ1) is 18.9. The molecule has 138 valence electrons. The van der Waals surface area contributed by atoms with Crippen molar-refractivity contribution in [2.45, 2.75) is 17.7 Å². The lowest BCUT2D eigenvalue weighted by molar-refractivity contribution is 0.187. The molecule has 0 unspecified atom stereocenters. The van der Waals surface area contributed by atoms with Gasteiger partial charge in [-0.2, -0.15) is 0 Å². The molecule has 1 heterocycles. The molecular weight excluding hydrogens is 368 g/mol. The first-order chi connectivity index (χ1) is 12.7. The summed E-state index contributed by atoms with van der Waals surface area (Å²) in [6.45, 7) is 1.56. The molecule has 2 amide bonds. The number of carbonyl (C=O) groups excluding carboxylic acids is 1. The quantitative estimate of drug-likeness (QED) is 0.696. The number of halogens is 1. The van der Waals surface area contributed by atoms with Crippen molar-refractivity contribution >= 4 is 35.1 Å². The maximum atomic E-state index is 12.4. The second-order valence-electron chi connectivity index (χ2n) is 6.33. The summed E-state index contributed by atoms with van der Waals surface area (Å²) in [6.07, 6.45) is 2.05. The average molecular weight is 391 g/mol. The molecule has 26 heavy (non-hydrogen) atoms. The van der Waals surface area contributed by atoms with Gasteiger partial charge in [0.05, 0.1) is 17.8 Å². The molecule has 0 atom stereocenters. The number of hydrogen-bond donors (Lipinski definition) is 1.